The molecule has 0 spiro atoms. The summed E-state index contributed by atoms with van der Waals surface area (Å²) >= 11 is 1.83. The van der Waals surface area contributed by atoms with E-state index >= 15 is 0 Å². The first-order valence-corrected chi connectivity index (χ1v) is 44.9. The molecule has 3 aromatic heterocycles. The molecule has 0 N–H and O–H groups in total. The van der Waals surface area contributed by atoms with Gasteiger partial charge in [-0.1, -0.05) is 274 Å². The van der Waals surface area contributed by atoms with Crippen LogP contribution in [-0.2, 0) is 0 Å². The van der Waals surface area contributed by atoms with Crippen molar-refractivity contribution in [2.75, 3.05) is 14.7 Å². The van der Waals surface area contributed by atoms with Crippen molar-refractivity contribution in [2.45, 2.75) is 22.9 Å². The van der Waals surface area contributed by atoms with E-state index in [9.17, 15) is 0 Å². The molecular formula is C110H75N9OSSi. The highest BCUT2D eigenvalue weighted by atomic mass is 32.2. The maximum absolute atomic E-state index is 6.20. The molecule has 0 fully saturated rings. The van der Waals surface area contributed by atoms with E-state index in [0.29, 0.717) is 0 Å². The van der Waals surface area contributed by atoms with Gasteiger partial charge in [0.15, 0.2) is 11.5 Å². The van der Waals surface area contributed by atoms with Gasteiger partial charge in [-0.15, -0.1) is 0 Å². The molecule has 0 unspecified atom stereocenters. The van der Waals surface area contributed by atoms with Crippen LogP contribution in [0.4, 0.5) is 51.2 Å². The normalized spacial score (nSPS) is 12.7. The fraction of sp³-hybridized carbons (Fsp3) is 0.0182. The van der Waals surface area contributed by atoms with Crippen LogP contribution < -0.4 is 29.8 Å². The van der Waals surface area contributed by atoms with E-state index in [1.54, 1.807) is 19.0 Å². The van der Waals surface area contributed by atoms with Gasteiger partial charge in [0.1, 0.15) is 27.1 Å². The molecule has 3 aliphatic heterocycles. The van der Waals surface area contributed by atoms with Crippen LogP contribution in [0.5, 0.6) is 11.5 Å². The molecule has 18 aromatic carbocycles. The molecule has 0 radical (unpaired) electrons. The van der Waals surface area contributed by atoms with Crippen molar-refractivity contribution >= 4 is 146 Å². The Morgan fingerprint density at radius 3 is 0.885 bits per heavy atom. The number of aromatic nitrogens is 6. The lowest BCUT2D eigenvalue weighted by Gasteiger charge is -2.41. The third-order valence-electron chi connectivity index (χ3n) is 24.0. The average molecular weight is 1600 g/mol. The first kappa shape index (κ1) is 72.9. The van der Waals surface area contributed by atoms with Crippen molar-refractivity contribution in [3.05, 3.63) is 420 Å². The largest absolute Gasteiger partial charge is 0.453 e. The van der Waals surface area contributed by atoms with Crippen LogP contribution in [0, 0.1) is 0 Å². The molecule has 576 valence electrons. The maximum atomic E-state index is 6.20. The Kier molecular flexibility index (Phi) is 18.4. The average Bonchev–Trinajstić information content (AvgIpc) is 0.728. The zero-order valence-electron chi connectivity index (χ0n) is 66.7. The van der Waals surface area contributed by atoms with E-state index < -0.39 is 8.07 Å². The zero-order chi connectivity index (χ0) is 81.2. The molecule has 24 rings (SSSR count). The third kappa shape index (κ3) is 13.1. The highest BCUT2D eigenvalue weighted by Gasteiger charge is 2.38. The molecule has 3 aliphatic rings. The fourth-order valence-electron chi connectivity index (χ4n) is 18.1. The van der Waals surface area contributed by atoms with Gasteiger partial charge < -0.3 is 19.4 Å². The SMILES string of the molecule is C[Si]1(C)c2ccccc2N(c2ccc(-c3cc4ncncc4c4cc(-c5ccccc5)ccc34)cc2)c2ccccc21.c1ccc(-c2ccc3c(-c4ccc(N5c6ccccc6Oc6ccccc65)cc4)cc4ncncc4c3c2)cc1.c1ccc(-c2ccc3c(-c4ccc(N5c6ccccc6Sc6ccccc65)cc4)cc4ncncc4c3c2)cc1. The van der Waals surface area contributed by atoms with Crippen molar-refractivity contribution in [3.63, 3.8) is 0 Å². The van der Waals surface area contributed by atoms with Crippen molar-refractivity contribution in [2.24, 2.45) is 0 Å². The quantitative estimate of drug-likeness (QED) is 0.102. The highest BCUT2D eigenvalue weighted by Crippen LogP contribution is 2.54. The Hall–Kier alpha value is -15.5. The minimum atomic E-state index is -1.81. The highest BCUT2D eigenvalue weighted by molar-refractivity contribution is 7.99. The van der Waals surface area contributed by atoms with Crippen LogP contribution in [-0.4, -0.2) is 38.0 Å². The van der Waals surface area contributed by atoms with Crippen LogP contribution in [0.15, 0.2) is 430 Å². The van der Waals surface area contributed by atoms with Crippen molar-refractivity contribution in [3.8, 4) is 78.3 Å². The lowest BCUT2D eigenvalue weighted by atomic mass is 9.93. The molecular weight excluding hydrogens is 1520 g/mol. The second-order valence-electron chi connectivity index (χ2n) is 31.4. The van der Waals surface area contributed by atoms with Gasteiger partial charge >= 0.3 is 0 Å². The first-order valence-electron chi connectivity index (χ1n) is 41.0. The second kappa shape index (κ2) is 30.8. The Bertz CT molecular complexity index is 7190. The van der Waals surface area contributed by atoms with Crippen molar-refractivity contribution < 1.29 is 4.74 Å². The Morgan fingerprint density at radius 1 is 0.238 bits per heavy atom. The van der Waals surface area contributed by atoms with E-state index in [1.807, 2.05) is 72.8 Å². The molecule has 0 aliphatic carbocycles. The van der Waals surface area contributed by atoms with Gasteiger partial charge in [0.05, 0.1) is 39.3 Å². The number of fused-ring (bicyclic) bond motifs is 15. The van der Waals surface area contributed by atoms with Gasteiger partial charge in [0.2, 0.25) is 0 Å². The number of ether oxygens (including phenoxy) is 1. The number of para-hydroxylation sites is 8. The van der Waals surface area contributed by atoms with Gasteiger partial charge in [-0.3, -0.25) is 0 Å². The molecule has 0 bridgehead atoms. The lowest BCUT2D eigenvalue weighted by molar-refractivity contribution is 0.477. The topological polar surface area (TPSA) is 96.3 Å². The van der Waals surface area contributed by atoms with Crippen LogP contribution in [0.3, 0.4) is 0 Å². The molecule has 0 saturated carbocycles. The Morgan fingerprint density at radius 2 is 0.525 bits per heavy atom. The number of hydrogen-bond acceptors (Lipinski definition) is 11. The van der Waals surface area contributed by atoms with Crippen molar-refractivity contribution in [1.29, 1.82) is 0 Å². The summed E-state index contributed by atoms with van der Waals surface area (Å²) < 4.78 is 6.20. The smallest absolute Gasteiger partial charge is 0.151 e. The van der Waals surface area contributed by atoms with Gasteiger partial charge in [-0.05, 0) is 243 Å². The Balaban J connectivity index is 0.000000109. The molecule has 21 aromatic rings. The van der Waals surface area contributed by atoms with E-state index in [2.05, 4.69) is 397 Å². The predicted molar refractivity (Wildman–Crippen MR) is 509 cm³/mol. The van der Waals surface area contributed by atoms with E-state index in [-0.39, 0.29) is 0 Å². The monoisotopic (exact) mass is 1600 g/mol. The summed E-state index contributed by atoms with van der Waals surface area (Å²) in [6.07, 6.45) is 10.7. The molecule has 6 heterocycles. The minimum Gasteiger partial charge on any atom is -0.453 e. The minimum absolute atomic E-state index is 0.847. The molecule has 12 heteroatoms. The summed E-state index contributed by atoms with van der Waals surface area (Å²) in [5, 5.41) is 13.2. The van der Waals surface area contributed by atoms with Gasteiger partial charge in [-0.2, -0.15) is 0 Å². The van der Waals surface area contributed by atoms with Crippen LogP contribution in [0.25, 0.3) is 132 Å². The predicted octanol–water partition coefficient (Wildman–Crippen LogP) is 28.5. The second-order valence-corrected chi connectivity index (χ2v) is 36.8. The number of hydrogen-bond donors (Lipinski definition) is 0. The summed E-state index contributed by atoms with van der Waals surface area (Å²) in [5.74, 6) is 1.69. The number of benzene rings is 18. The summed E-state index contributed by atoms with van der Waals surface area (Å²) in [5.41, 5.74) is 27.4. The summed E-state index contributed by atoms with van der Waals surface area (Å²) in [7, 11) is -1.81. The van der Waals surface area contributed by atoms with Crippen molar-refractivity contribution in [1.82, 2.24) is 29.9 Å². The first-order chi connectivity index (χ1) is 60.3. The van der Waals surface area contributed by atoms with E-state index in [4.69, 9.17) is 4.74 Å². The summed E-state index contributed by atoms with van der Waals surface area (Å²) in [6.45, 7) is 4.92. The molecule has 0 atom stereocenters. The van der Waals surface area contributed by atoms with Gasteiger partial charge in [-0.25, -0.2) is 29.9 Å². The summed E-state index contributed by atoms with van der Waals surface area (Å²) in [4.78, 5) is 36.6. The Labute approximate surface area is 711 Å². The molecule has 0 saturated heterocycles. The number of nitrogens with zero attached hydrogens (tertiary/aromatic N) is 9. The zero-order valence-corrected chi connectivity index (χ0v) is 68.5. The van der Waals surface area contributed by atoms with Crippen LogP contribution >= 0.6 is 11.8 Å². The van der Waals surface area contributed by atoms with E-state index in [1.165, 1.54) is 120 Å². The third-order valence-corrected chi connectivity index (χ3v) is 28.7. The number of anilines is 9. The maximum Gasteiger partial charge on any atom is 0.151 e. The van der Waals surface area contributed by atoms with Crippen LogP contribution in [0.2, 0.25) is 13.1 Å². The molecule has 10 nitrogen and oxygen atoms in total. The molecule has 0 amide bonds. The fourth-order valence-corrected chi connectivity index (χ4v) is 22.1. The van der Waals surface area contributed by atoms with Gasteiger partial charge in [0.25, 0.3) is 0 Å². The van der Waals surface area contributed by atoms with Gasteiger partial charge in [0, 0.05) is 73.0 Å². The summed E-state index contributed by atoms with van der Waals surface area (Å²) in [6, 6.07) is 136. The lowest BCUT2D eigenvalue weighted by Crippen LogP contribution is -2.58. The van der Waals surface area contributed by atoms with Crippen LogP contribution in [0.1, 0.15) is 0 Å². The molecule has 122 heavy (non-hydrogen) atoms. The standard InChI is InChI=1S/C38H29N3Si.C36H23N3O.C36H23N3S/c1-42(2)37-14-8-6-12-35(37)41(36-13-7-9-15-38(36)42)29-19-16-27(17-20-29)31-23-34-33(24-39-25-40-34)32-22-28(18-21-30(31)32)26-10-4-3-5-11-26;2*1-2-8-24(9-3-1)26-16-19-28-29(21-32-31(30(28)20-26)22-37-23-38-32)25-14-17-27(18-15-25)39-33-10-4-6-12-35(33)40-36-13-7-5-11-34(36)39/h3-25H,1-2H3;2*1-23H. The van der Waals surface area contributed by atoms with E-state index in [0.717, 1.165) is 94.4 Å². The number of rotatable bonds is 9.